The number of hydrogen-bond donors (Lipinski definition) is 6. The Bertz CT molecular complexity index is 591. The Labute approximate surface area is 188 Å². The molecular formula is C19H36N4O5S2. The molecule has 6 N–H and O–H groups in total. The molecule has 30 heavy (non-hydrogen) atoms. The van der Waals surface area contributed by atoms with Gasteiger partial charge in [0.2, 0.25) is 17.7 Å². The van der Waals surface area contributed by atoms with Crippen LogP contribution in [0.5, 0.6) is 0 Å². The summed E-state index contributed by atoms with van der Waals surface area (Å²) in [5.74, 6) is -2.54. The first-order chi connectivity index (χ1) is 14.0. The van der Waals surface area contributed by atoms with E-state index in [1.165, 1.54) is 11.8 Å². The summed E-state index contributed by atoms with van der Waals surface area (Å²) in [7, 11) is 0. The van der Waals surface area contributed by atoms with E-state index >= 15 is 0 Å². The van der Waals surface area contributed by atoms with E-state index in [-0.39, 0.29) is 24.0 Å². The summed E-state index contributed by atoms with van der Waals surface area (Å²) >= 11 is 5.58. The van der Waals surface area contributed by atoms with Crippen LogP contribution in [0.15, 0.2) is 0 Å². The van der Waals surface area contributed by atoms with Crippen LogP contribution in [-0.4, -0.2) is 70.7 Å². The fraction of sp³-hybridized carbons (Fsp3) is 0.789. The van der Waals surface area contributed by atoms with Gasteiger partial charge >= 0.3 is 5.97 Å². The molecule has 0 aliphatic heterocycles. The molecule has 11 heteroatoms. The number of carbonyl (C=O) groups is 4. The van der Waals surface area contributed by atoms with E-state index in [1.54, 1.807) is 13.8 Å². The minimum Gasteiger partial charge on any atom is -0.480 e. The highest BCUT2D eigenvalue weighted by molar-refractivity contribution is 7.98. The summed E-state index contributed by atoms with van der Waals surface area (Å²) in [6, 6.07) is -3.74. The Kier molecular flexibility index (Phi) is 13.8. The van der Waals surface area contributed by atoms with Gasteiger partial charge in [-0.25, -0.2) is 4.79 Å². The van der Waals surface area contributed by atoms with Crippen LogP contribution in [0, 0.1) is 11.8 Å². The van der Waals surface area contributed by atoms with Crippen molar-refractivity contribution in [3.05, 3.63) is 0 Å². The summed E-state index contributed by atoms with van der Waals surface area (Å²) < 4.78 is 0. The van der Waals surface area contributed by atoms with E-state index in [4.69, 9.17) is 5.73 Å². The third-order valence-corrected chi connectivity index (χ3v) is 5.86. The van der Waals surface area contributed by atoms with Crippen molar-refractivity contribution < 1.29 is 24.3 Å². The monoisotopic (exact) mass is 464 g/mol. The van der Waals surface area contributed by atoms with Gasteiger partial charge in [-0.1, -0.05) is 34.1 Å². The minimum absolute atomic E-state index is 0.0287. The highest BCUT2D eigenvalue weighted by Crippen LogP contribution is 2.10. The molecule has 5 unspecified atom stereocenters. The number of carbonyl (C=O) groups excluding carboxylic acids is 3. The molecule has 0 heterocycles. The van der Waals surface area contributed by atoms with Crippen molar-refractivity contribution in [3.63, 3.8) is 0 Å². The zero-order valence-electron chi connectivity index (χ0n) is 18.3. The van der Waals surface area contributed by atoms with Gasteiger partial charge in [-0.05, 0) is 30.3 Å². The number of carboxylic acids is 1. The molecule has 0 aliphatic rings. The normalized spacial score (nSPS) is 16.1. The second kappa shape index (κ2) is 14.5. The number of amides is 3. The van der Waals surface area contributed by atoms with Gasteiger partial charge in [0, 0.05) is 5.75 Å². The van der Waals surface area contributed by atoms with E-state index in [0.29, 0.717) is 12.2 Å². The van der Waals surface area contributed by atoms with Crippen molar-refractivity contribution in [2.45, 2.75) is 64.7 Å². The van der Waals surface area contributed by atoms with Gasteiger partial charge < -0.3 is 26.8 Å². The number of thiol groups is 1. The summed E-state index contributed by atoms with van der Waals surface area (Å²) in [6.45, 7) is 7.30. The predicted molar refractivity (Wildman–Crippen MR) is 123 cm³/mol. The lowest BCUT2D eigenvalue weighted by Gasteiger charge is -2.28. The molecule has 0 aromatic carbocycles. The van der Waals surface area contributed by atoms with Crippen LogP contribution >= 0.6 is 24.4 Å². The molecule has 174 valence electrons. The fourth-order valence-corrected chi connectivity index (χ4v) is 3.20. The molecule has 0 aliphatic carbocycles. The van der Waals surface area contributed by atoms with Gasteiger partial charge in [0.25, 0.3) is 0 Å². The van der Waals surface area contributed by atoms with E-state index in [0.717, 1.165) is 0 Å². The number of nitrogens with two attached hydrogens (primary N) is 1. The first kappa shape index (κ1) is 28.5. The van der Waals surface area contributed by atoms with Gasteiger partial charge in [-0.3, -0.25) is 14.4 Å². The molecule has 0 rings (SSSR count). The molecular weight excluding hydrogens is 428 g/mol. The van der Waals surface area contributed by atoms with Crippen molar-refractivity contribution in [1.82, 2.24) is 16.0 Å². The third kappa shape index (κ3) is 9.57. The molecule has 0 saturated carbocycles. The number of thioether (sulfide) groups is 1. The summed E-state index contributed by atoms with van der Waals surface area (Å²) in [5, 5.41) is 17.0. The molecule has 0 aromatic heterocycles. The van der Waals surface area contributed by atoms with E-state index < -0.39 is 47.9 Å². The molecule has 0 saturated heterocycles. The van der Waals surface area contributed by atoms with Crippen LogP contribution in [0.2, 0.25) is 0 Å². The Hall–Kier alpha value is -1.46. The number of carboxylic acid groups (broad SMARTS) is 1. The standard InChI is InChI=1S/C19H36N4O5S2/c1-6-11(4)15(23-17(25)14(20)10(2)3)18(26)22-13(9-29)16(24)21-12(19(27)28)7-8-30-5/h10-15,29H,6-9,20H2,1-5H3,(H,21,24)(H,22,26)(H,23,25)(H,27,28). The van der Waals surface area contributed by atoms with Crippen LogP contribution in [0.4, 0.5) is 0 Å². The summed E-state index contributed by atoms with van der Waals surface area (Å²) in [4.78, 5) is 49.1. The maximum absolute atomic E-state index is 12.8. The fourth-order valence-electron chi connectivity index (χ4n) is 2.48. The van der Waals surface area contributed by atoms with Gasteiger partial charge in [-0.15, -0.1) is 0 Å². The second-order valence-electron chi connectivity index (χ2n) is 7.57. The van der Waals surface area contributed by atoms with Crippen molar-refractivity contribution in [1.29, 1.82) is 0 Å². The molecule has 0 spiro atoms. The average molecular weight is 465 g/mol. The SMILES string of the molecule is CCC(C)C(NC(=O)C(N)C(C)C)C(=O)NC(CS)C(=O)NC(CCSC)C(=O)O. The minimum atomic E-state index is -1.14. The molecule has 3 amide bonds. The second-order valence-corrected chi connectivity index (χ2v) is 8.92. The maximum atomic E-state index is 12.8. The van der Waals surface area contributed by atoms with Crippen LogP contribution in [-0.2, 0) is 19.2 Å². The first-order valence-corrected chi connectivity index (χ1v) is 12.0. The average Bonchev–Trinajstić information content (AvgIpc) is 2.70. The van der Waals surface area contributed by atoms with E-state index in [9.17, 15) is 24.3 Å². The van der Waals surface area contributed by atoms with Crippen molar-refractivity contribution in [3.8, 4) is 0 Å². The molecule has 0 fully saturated rings. The largest absolute Gasteiger partial charge is 0.480 e. The quantitative estimate of drug-likeness (QED) is 0.202. The topological polar surface area (TPSA) is 151 Å². The van der Waals surface area contributed by atoms with E-state index in [2.05, 4.69) is 28.6 Å². The molecule has 0 bridgehead atoms. The van der Waals surface area contributed by atoms with Crippen molar-refractivity contribution in [2.24, 2.45) is 17.6 Å². The lowest BCUT2D eigenvalue weighted by atomic mass is 9.96. The van der Waals surface area contributed by atoms with Crippen LogP contribution in [0.1, 0.15) is 40.5 Å². The first-order valence-electron chi connectivity index (χ1n) is 9.99. The number of aliphatic carboxylic acids is 1. The molecule has 0 radical (unpaired) electrons. The predicted octanol–water partition coefficient (Wildman–Crippen LogP) is 0.238. The Morgan fingerprint density at radius 2 is 1.57 bits per heavy atom. The third-order valence-electron chi connectivity index (χ3n) is 4.85. The van der Waals surface area contributed by atoms with Crippen molar-refractivity contribution >= 4 is 48.1 Å². The van der Waals surface area contributed by atoms with Crippen LogP contribution < -0.4 is 21.7 Å². The maximum Gasteiger partial charge on any atom is 0.326 e. The number of rotatable bonds is 14. The lowest BCUT2D eigenvalue weighted by molar-refractivity contribution is -0.142. The number of nitrogens with one attached hydrogen (secondary N) is 3. The number of hydrogen-bond acceptors (Lipinski definition) is 7. The van der Waals surface area contributed by atoms with Gasteiger partial charge in [-0.2, -0.15) is 24.4 Å². The molecule has 5 atom stereocenters. The van der Waals surface area contributed by atoms with E-state index in [1.807, 2.05) is 20.1 Å². The van der Waals surface area contributed by atoms with Gasteiger partial charge in [0.1, 0.15) is 18.1 Å². The summed E-state index contributed by atoms with van der Waals surface area (Å²) in [6.07, 6.45) is 2.71. The highest BCUT2D eigenvalue weighted by Gasteiger charge is 2.32. The Balaban J connectivity index is 5.25. The molecule has 0 aromatic rings. The lowest BCUT2D eigenvalue weighted by Crippen LogP contribution is -2.59. The zero-order valence-corrected chi connectivity index (χ0v) is 20.0. The zero-order chi connectivity index (χ0) is 23.4. The molecule has 9 nitrogen and oxygen atoms in total. The van der Waals surface area contributed by atoms with Crippen molar-refractivity contribution in [2.75, 3.05) is 17.8 Å². The highest BCUT2D eigenvalue weighted by atomic mass is 32.2. The van der Waals surface area contributed by atoms with Crippen LogP contribution in [0.25, 0.3) is 0 Å². The van der Waals surface area contributed by atoms with Crippen LogP contribution in [0.3, 0.4) is 0 Å². The van der Waals surface area contributed by atoms with Gasteiger partial charge in [0.05, 0.1) is 6.04 Å². The smallest absolute Gasteiger partial charge is 0.326 e. The summed E-state index contributed by atoms with van der Waals surface area (Å²) in [5.41, 5.74) is 5.87. The van der Waals surface area contributed by atoms with Gasteiger partial charge in [0.15, 0.2) is 0 Å². The Morgan fingerprint density at radius 1 is 1.00 bits per heavy atom. The Morgan fingerprint density at radius 3 is 2.00 bits per heavy atom.